The van der Waals surface area contributed by atoms with Crippen molar-refractivity contribution in [1.82, 2.24) is 10.2 Å². The Hall–Kier alpha value is -4.16. The summed E-state index contributed by atoms with van der Waals surface area (Å²) in [4.78, 5) is 24.2. The molecule has 4 rings (SSSR count). The number of aromatic nitrogens is 2. The molecule has 1 fully saturated rings. The van der Waals surface area contributed by atoms with Crippen molar-refractivity contribution in [3.63, 3.8) is 0 Å². The van der Waals surface area contributed by atoms with E-state index in [1.54, 1.807) is 6.92 Å². The molecule has 0 bridgehead atoms. The van der Waals surface area contributed by atoms with Crippen molar-refractivity contribution in [2.24, 2.45) is 5.92 Å². The van der Waals surface area contributed by atoms with Crippen LogP contribution in [0.25, 0.3) is 0 Å². The van der Waals surface area contributed by atoms with Gasteiger partial charge in [0.2, 0.25) is 0 Å². The van der Waals surface area contributed by atoms with E-state index in [9.17, 15) is 27.2 Å². The van der Waals surface area contributed by atoms with Crippen LogP contribution in [0.15, 0.2) is 34.7 Å². The van der Waals surface area contributed by atoms with Crippen LogP contribution in [-0.2, 0) is 9.53 Å². The van der Waals surface area contributed by atoms with E-state index in [-0.39, 0.29) is 35.1 Å². The van der Waals surface area contributed by atoms with Crippen LogP contribution in [0.1, 0.15) is 43.3 Å². The number of ether oxygens (including phenoxy) is 2. The molecule has 0 saturated heterocycles. The molecule has 0 spiro atoms. The molecule has 1 heterocycles. The van der Waals surface area contributed by atoms with E-state index in [2.05, 4.69) is 20.8 Å². The highest BCUT2D eigenvalue weighted by Gasteiger charge is 2.28. The van der Waals surface area contributed by atoms with Gasteiger partial charge in [-0.2, -0.15) is 0 Å². The van der Waals surface area contributed by atoms with Gasteiger partial charge in [0, 0.05) is 23.9 Å². The third-order valence-corrected chi connectivity index (χ3v) is 5.64. The van der Waals surface area contributed by atoms with Crippen LogP contribution in [0.4, 0.5) is 35.0 Å². The first kappa shape index (κ1) is 25.9. The molecule has 13 heteroatoms. The zero-order valence-electron chi connectivity index (χ0n) is 19.5. The molecule has 2 N–H and O–H groups in total. The Bertz CT molecular complexity index is 1270. The summed E-state index contributed by atoms with van der Waals surface area (Å²) in [7, 11) is 0. The van der Waals surface area contributed by atoms with Gasteiger partial charge in [-0.1, -0.05) is 5.10 Å². The Kier molecular flexibility index (Phi) is 7.89. The Morgan fingerprint density at radius 2 is 1.70 bits per heavy atom. The number of nitrogens with zero attached hydrogens (tertiary/aromatic N) is 2. The molecule has 0 aliphatic heterocycles. The first-order valence-corrected chi connectivity index (χ1v) is 11.4. The predicted molar refractivity (Wildman–Crippen MR) is 121 cm³/mol. The van der Waals surface area contributed by atoms with Crippen LogP contribution in [0, 0.1) is 29.2 Å². The van der Waals surface area contributed by atoms with Crippen molar-refractivity contribution in [3.05, 3.63) is 59.5 Å². The van der Waals surface area contributed by atoms with Gasteiger partial charge in [-0.05, 0) is 44.7 Å². The second kappa shape index (κ2) is 11.3. The number of anilines is 3. The molecule has 0 atom stereocenters. The van der Waals surface area contributed by atoms with Crippen molar-refractivity contribution in [2.75, 3.05) is 17.2 Å². The molecule has 3 aromatic rings. The van der Waals surface area contributed by atoms with Gasteiger partial charge in [0.05, 0.1) is 24.3 Å². The maximum atomic E-state index is 14.6. The van der Waals surface area contributed by atoms with Gasteiger partial charge in [-0.25, -0.2) is 17.6 Å². The number of hydrogen-bond donors (Lipinski definition) is 2. The highest BCUT2D eigenvalue weighted by Crippen LogP contribution is 2.30. The lowest BCUT2D eigenvalue weighted by Crippen LogP contribution is -2.29. The minimum absolute atomic E-state index is 0.160. The molecular weight excluding hydrogens is 500 g/mol. The summed E-state index contributed by atoms with van der Waals surface area (Å²) >= 11 is 0. The van der Waals surface area contributed by atoms with E-state index >= 15 is 0 Å². The average Bonchev–Trinajstić information content (AvgIpc) is 3.33. The molecule has 1 aliphatic carbocycles. The molecule has 1 amide bonds. The third kappa shape index (κ3) is 6.35. The highest BCUT2D eigenvalue weighted by atomic mass is 19.2. The van der Waals surface area contributed by atoms with Crippen molar-refractivity contribution in [3.8, 4) is 5.75 Å². The van der Waals surface area contributed by atoms with E-state index in [1.807, 2.05) is 0 Å². The molecule has 9 nitrogen and oxygen atoms in total. The van der Waals surface area contributed by atoms with Crippen molar-refractivity contribution >= 4 is 29.3 Å². The van der Waals surface area contributed by atoms with Crippen LogP contribution < -0.4 is 15.4 Å². The first-order valence-electron chi connectivity index (χ1n) is 11.4. The third-order valence-electron chi connectivity index (χ3n) is 5.64. The van der Waals surface area contributed by atoms with E-state index in [0.29, 0.717) is 44.4 Å². The largest absolute Gasteiger partial charge is 0.490 e. The van der Waals surface area contributed by atoms with Gasteiger partial charge < -0.3 is 24.5 Å². The van der Waals surface area contributed by atoms with Gasteiger partial charge in [0.15, 0.2) is 17.5 Å². The maximum absolute atomic E-state index is 14.6. The Morgan fingerprint density at radius 3 is 2.35 bits per heavy atom. The predicted octanol–water partition coefficient (Wildman–Crippen LogP) is 5.12. The molecule has 1 aliphatic rings. The Labute approximate surface area is 208 Å². The minimum Gasteiger partial charge on any atom is -0.490 e. The summed E-state index contributed by atoms with van der Waals surface area (Å²) in [5.74, 6) is -6.91. The second-order valence-electron chi connectivity index (χ2n) is 8.23. The number of amides is 1. The molecule has 196 valence electrons. The van der Waals surface area contributed by atoms with Gasteiger partial charge >= 0.3 is 23.8 Å². The number of nitrogens with one attached hydrogen (secondary N) is 2. The number of halogens is 4. The average molecular weight is 522 g/mol. The quantitative estimate of drug-likeness (QED) is 0.238. The Balaban J connectivity index is 1.32. The smallest absolute Gasteiger partial charge is 0.320 e. The van der Waals surface area contributed by atoms with E-state index < -0.39 is 41.1 Å². The zero-order valence-corrected chi connectivity index (χ0v) is 19.5. The fourth-order valence-corrected chi connectivity index (χ4v) is 3.83. The zero-order chi connectivity index (χ0) is 26.5. The molecule has 37 heavy (non-hydrogen) atoms. The fraction of sp³-hybridized carbons (Fsp3) is 0.333. The van der Waals surface area contributed by atoms with Crippen molar-refractivity contribution < 1.29 is 41.0 Å². The van der Waals surface area contributed by atoms with Gasteiger partial charge in [-0.3, -0.25) is 9.59 Å². The molecule has 0 unspecified atom stereocenters. The lowest BCUT2D eigenvalue weighted by Gasteiger charge is -2.27. The van der Waals surface area contributed by atoms with E-state index in [1.165, 1.54) is 12.1 Å². The number of rotatable bonds is 8. The van der Waals surface area contributed by atoms with E-state index in [0.717, 1.165) is 6.07 Å². The molecule has 2 aromatic carbocycles. The normalized spacial score (nSPS) is 17.2. The first-order chi connectivity index (χ1) is 17.7. The standard InChI is InChI=1S/C24H22F4N4O5/c1-2-35-23(34)12-3-5-14(6-4-12)36-15-7-8-19(16(25)11-15)30-21(33)22-31-32-24(37-22)29-13-9-17(26)20(28)18(27)10-13/h7-12,14H,2-6H2,1H3,(H,29,32)(H,30,33)/t12-,14+. The number of hydrogen-bond acceptors (Lipinski definition) is 8. The summed E-state index contributed by atoms with van der Waals surface area (Å²) in [5, 5.41) is 11.6. The van der Waals surface area contributed by atoms with Crippen LogP contribution in [0.5, 0.6) is 5.75 Å². The van der Waals surface area contributed by atoms with E-state index in [4.69, 9.17) is 13.9 Å². The van der Waals surface area contributed by atoms with Crippen molar-refractivity contribution in [1.29, 1.82) is 0 Å². The lowest BCUT2D eigenvalue weighted by molar-refractivity contribution is -0.149. The second-order valence-corrected chi connectivity index (χ2v) is 8.23. The summed E-state index contributed by atoms with van der Waals surface area (Å²) in [6, 6.07) is 4.81. The molecule has 0 radical (unpaired) electrons. The number of carbonyl (C=O) groups is 2. The fourth-order valence-electron chi connectivity index (χ4n) is 3.83. The summed E-state index contributed by atoms with van der Waals surface area (Å²) in [5.41, 5.74) is -0.415. The topological polar surface area (TPSA) is 116 Å². The molecular formula is C24H22F4N4O5. The number of esters is 1. The van der Waals surface area contributed by atoms with Gasteiger partial charge in [0.25, 0.3) is 0 Å². The van der Waals surface area contributed by atoms with Gasteiger partial charge in [0.1, 0.15) is 11.6 Å². The summed E-state index contributed by atoms with van der Waals surface area (Å²) in [6.45, 7) is 2.09. The summed E-state index contributed by atoms with van der Waals surface area (Å²) < 4.78 is 70.3. The van der Waals surface area contributed by atoms with Crippen LogP contribution in [0.3, 0.4) is 0 Å². The monoisotopic (exact) mass is 522 g/mol. The molecule has 1 aromatic heterocycles. The van der Waals surface area contributed by atoms with Crippen molar-refractivity contribution in [2.45, 2.75) is 38.7 Å². The van der Waals surface area contributed by atoms with Crippen LogP contribution in [-0.4, -0.2) is 34.8 Å². The number of carbonyl (C=O) groups excluding carboxylic acids is 2. The molecule has 1 saturated carbocycles. The lowest BCUT2D eigenvalue weighted by atomic mass is 9.87. The number of benzene rings is 2. The summed E-state index contributed by atoms with van der Waals surface area (Å²) in [6.07, 6.45) is 2.29. The highest BCUT2D eigenvalue weighted by molar-refractivity contribution is 6.01. The maximum Gasteiger partial charge on any atom is 0.320 e. The van der Waals surface area contributed by atoms with Crippen LogP contribution in [0.2, 0.25) is 0 Å². The SMILES string of the molecule is CCOC(=O)[C@H]1CC[C@@H](Oc2ccc(NC(=O)c3nnc(Nc4cc(F)c(F)c(F)c4)o3)c(F)c2)CC1. The Morgan fingerprint density at radius 1 is 1.00 bits per heavy atom. The van der Waals surface area contributed by atoms with Gasteiger partial charge in [-0.15, -0.1) is 5.10 Å². The minimum atomic E-state index is -1.64. The van der Waals surface area contributed by atoms with Crippen LogP contribution >= 0.6 is 0 Å².